The highest BCUT2D eigenvalue weighted by Gasteiger charge is 2.33. The van der Waals surface area contributed by atoms with Crippen LogP contribution in [0, 0.1) is 5.82 Å². The first-order chi connectivity index (χ1) is 15.4. The number of benzene rings is 1. The lowest BCUT2D eigenvalue weighted by Gasteiger charge is -2.31. The van der Waals surface area contributed by atoms with Crippen molar-refractivity contribution < 1.29 is 27.2 Å². The molecule has 11 heteroatoms. The molecule has 6 nitrogen and oxygen atoms in total. The van der Waals surface area contributed by atoms with Crippen molar-refractivity contribution in [1.29, 1.82) is 0 Å². The average molecular weight is 462 g/mol. The number of thiophene rings is 1. The molecule has 3 heterocycles. The van der Waals surface area contributed by atoms with Gasteiger partial charge in [0.15, 0.2) is 11.6 Å². The van der Waals surface area contributed by atoms with Gasteiger partial charge in [-0.3, -0.25) is 4.79 Å². The van der Waals surface area contributed by atoms with E-state index in [-0.39, 0.29) is 22.9 Å². The Kier molecular flexibility index (Phi) is 5.15. The summed E-state index contributed by atoms with van der Waals surface area (Å²) in [6.45, 7) is 1.09. The summed E-state index contributed by atoms with van der Waals surface area (Å²) < 4.78 is 51.8. The molecule has 3 aromatic rings. The molecule has 0 unspecified atom stereocenters. The maximum Gasteiger partial charge on any atom is 0.798 e. The Morgan fingerprint density at radius 3 is 2.78 bits per heavy atom. The smallest absolute Gasteiger partial charge is 0.492 e. The maximum absolute atomic E-state index is 15.4. The normalized spacial score (nSPS) is 15.6. The van der Waals surface area contributed by atoms with Crippen molar-refractivity contribution in [3.05, 3.63) is 55.8 Å². The number of anilines is 1. The Hall–Kier alpha value is -2.95. The molecule has 0 atom stereocenters. The quantitative estimate of drug-likeness (QED) is 0.533. The van der Waals surface area contributed by atoms with Gasteiger partial charge < -0.3 is 18.9 Å². The molecule has 0 N–H and O–H groups in total. The molecule has 0 bridgehead atoms. The summed E-state index contributed by atoms with van der Waals surface area (Å²) in [5.41, 5.74) is 0.284. The first-order valence-corrected chi connectivity index (χ1v) is 11.0. The van der Waals surface area contributed by atoms with Gasteiger partial charge in [-0.15, -0.1) is 11.3 Å². The first-order valence-electron chi connectivity index (χ1n) is 10.1. The number of halogens is 3. The van der Waals surface area contributed by atoms with Gasteiger partial charge in [-0.25, -0.2) is 17.8 Å². The highest BCUT2D eigenvalue weighted by molar-refractivity contribution is 7.10. The van der Waals surface area contributed by atoms with Crippen molar-refractivity contribution in [3.63, 3.8) is 0 Å². The van der Waals surface area contributed by atoms with Crippen LogP contribution in [0.5, 0.6) is 5.75 Å². The number of carbonyl (C=O) groups is 1. The van der Waals surface area contributed by atoms with E-state index in [0.717, 1.165) is 30.9 Å². The molecular weight excluding hydrogens is 444 g/mol. The number of nitrogens with zero attached hydrogens (tertiary/aromatic N) is 2. The van der Waals surface area contributed by atoms with Crippen LogP contribution in [0.3, 0.4) is 0 Å². The highest BCUT2D eigenvalue weighted by Crippen LogP contribution is 2.44. The fraction of sp³-hybridized carbons (Fsp3) is 0.333. The molecule has 0 spiro atoms. The van der Waals surface area contributed by atoms with Crippen LogP contribution in [0.2, 0.25) is 0 Å². The van der Waals surface area contributed by atoms with Gasteiger partial charge >= 0.3 is 13.4 Å². The summed E-state index contributed by atoms with van der Waals surface area (Å²) in [7, 11) is -1.96. The number of hydrogen-bond acceptors (Lipinski definition) is 6. The van der Waals surface area contributed by atoms with Crippen LogP contribution in [0.4, 0.5) is 18.7 Å². The minimum absolute atomic E-state index is 0.0479. The van der Waals surface area contributed by atoms with Crippen molar-refractivity contribution in [3.8, 4) is 5.75 Å². The minimum atomic E-state index is -3.36. The Bertz CT molecular complexity index is 1290. The Morgan fingerprint density at radius 2 is 2.09 bits per heavy atom. The molecule has 1 aliphatic carbocycles. The van der Waals surface area contributed by atoms with E-state index in [9.17, 15) is 18.2 Å². The number of aromatic nitrogens is 1. The SMILES string of the molecule is COc1c(N2CCc3sccc3C2)c(F)cc2c(=O)c(C(=O)OB(F)F)cn(C3CC3)c12. The zero-order chi connectivity index (χ0) is 22.6. The lowest BCUT2D eigenvalue weighted by atomic mass is 10.0. The van der Waals surface area contributed by atoms with Crippen LogP contribution in [0.25, 0.3) is 10.9 Å². The van der Waals surface area contributed by atoms with Crippen molar-refractivity contribution in [2.45, 2.75) is 31.8 Å². The Labute approximate surface area is 185 Å². The van der Waals surface area contributed by atoms with Crippen molar-refractivity contribution >= 4 is 41.4 Å². The van der Waals surface area contributed by atoms with Gasteiger partial charge in [0.25, 0.3) is 0 Å². The molecular formula is C21H18BF3N2O4S. The predicted molar refractivity (Wildman–Crippen MR) is 115 cm³/mol. The van der Waals surface area contributed by atoms with Gasteiger partial charge in [0.05, 0.1) is 18.0 Å². The van der Waals surface area contributed by atoms with Crippen LogP contribution in [0.1, 0.15) is 39.7 Å². The fourth-order valence-corrected chi connectivity index (χ4v) is 5.19. The first kappa shape index (κ1) is 20.9. The minimum Gasteiger partial charge on any atom is -0.492 e. The third-order valence-corrected chi connectivity index (χ3v) is 6.91. The number of carbonyl (C=O) groups excluding carboxylic acids is 1. The van der Waals surface area contributed by atoms with Gasteiger partial charge in [0, 0.05) is 30.2 Å². The number of ether oxygens (including phenoxy) is 1. The molecule has 0 saturated heterocycles. The summed E-state index contributed by atoms with van der Waals surface area (Å²) in [4.78, 5) is 28.2. The lowest BCUT2D eigenvalue weighted by Crippen LogP contribution is -2.31. The number of fused-ring (bicyclic) bond motifs is 2. The summed E-state index contributed by atoms with van der Waals surface area (Å²) in [5.74, 6) is -1.92. The van der Waals surface area contributed by atoms with E-state index in [4.69, 9.17) is 4.74 Å². The summed E-state index contributed by atoms with van der Waals surface area (Å²) in [5, 5.41) is 1.90. The van der Waals surface area contributed by atoms with Gasteiger partial charge in [0.1, 0.15) is 11.3 Å². The molecule has 0 amide bonds. The van der Waals surface area contributed by atoms with Crippen LogP contribution >= 0.6 is 11.3 Å². The molecule has 32 heavy (non-hydrogen) atoms. The molecule has 1 fully saturated rings. The molecule has 2 aromatic heterocycles. The summed E-state index contributed by atoms with van der Waals surface area (Å²) >= 11 is 1.67. The number of rotatable bonds is 5. The largest absolute Gasteiger partial charge is 0.798 e. The molecule has 5 rings (SSSR count). The van der Waals surface area contributed by atoms with Gasteiger partial charge in [0.2, 0.25) is 5.43 Å². The average Bonchev–Trinajstić information content (AvgIpc) is 3.49. The fourth-order valence-electron chi connectivity index (χ4n) is 4.30. The third kappa shape index (κ3) is 3.44. The van der Waals surface area contributed by atoms with Crippen LogP contribution in [-0.2, 0) is 17.6 Å². The van der Waals surface area contributed by atoms with E-state index in [0.29, 0.717) is 18.6 Å². The second kappa shape index (κ2) is 7.88. The van der Waals surface area contributed by atoms with Gasteiger partial charge in [-0.1, -0.05) is 0 Å². The summed E-state index contributed by atoms with van der Waals surface area (Å²) in [6.07, 6.45) is 3.55. The number of hydrogen-bond donors (Lipinski definition) is 0. The van der Waals surface area contributed by atoms with E-state index in [2.05, 4.69) is 4.65 Å². The van der Waals surface area contributed by atoms with E-state index < -0.39 is 30.2 Å². The third-order valence-electron chi connectivity index (χ3n) is 5.88. The van der Waals surface area contributed by atoms with E-state index in [1.54, 1.807) is 15.9 Å². The van der Waals surface area contributed by atoms with Gasteiger partial charge in [-0.2, -0.15) is 0 Å². The van der Waals surface area contributed by atoms with Crippen molar-refractivity contribution in [2.75, 3.05) is 18.6 Å². The standard InChI is InChI=1S/C21H18BF3N2O4S/c1-30-20-17-13(8-15(23)18(20)26-6-4-16-11(9-26)5-7-32-16)19(28)14(21(29)31-22(24)25)10-27(17)12-2-3-12/h5,7-8,10,12H,2-4,6,9H2,1H3. The van der Waals surface area contributed by atoms with Crippen LogP contribution in [-0.4, -0.2) is 31.7 Å². The zero-order valence-corrected chi connectivity index (χ0v) is 17.9. The molecule has 1 saturated carbocycles. The summed E-state index contributed by atoms with van der Waals surface area (Å²) in [6, 6.07) is 3.03. The van der Waals surface area contributed by atoms with Crippen molar-refractivity contribution in [1.82, 2.24) is 4.57 Å². The molecule has 1 aliphatic heterocycles. The number of pyridine rings is 1. The molecule has 166 valence electrons. The topological polar surface area (TPSA) is 60.8 Å². The Morgan fingerprint density at radius 1 is 1.31 bits per heavy atom. The monoisotopic (exact) mass is 462 g/mol. The molecule has 2 aliphatic rings. The highest BCUT2D eigenvalue weighted by atomic mass is 32.1. The Balaban J connectivity index is 1.72. The van der Waals surface area contributed by atoms with Crippen LogP contribution < -0.4 is 15.1 Å². The zero-order valence-electron chi connectivity index (χ0n) is 17.1. The predicted octanol–water partition coefficient (Wildman–Crippen LogP) is 4.19. The van der Waals surface area contributed by atoms with Crippen molar-refractivity contribution in [2.24, 2.45) is 0 Å². The second-order valence-electron chi connectivity index (χ2n) is 7.85. The molecule has 0 radical (unpaired) electrons. The maximum atomic E-state index is 15.4. The van der Waals surface area contributed by atoms with E-state index in [1.807, 2.05) is 16.3 Å². The number of methoxy groups -OCH3 is 1. The molecule has 1 aromatic carbocycles. The van der Waals surface area contributed by atoms with E-state index >= 15 is 4.39 Å². The second-order valence-corrected chi connectivity index (χ2v) is 8.85. The lowest BCUT2D eigenvalue weighted by molar-refractivity contribution is 0.0693. The van der Waals surface area contributed by atoms with Crippen LogP contribution in [0.15, 0.2) is 28.5 Å². The van der Waals surface area contributed by atoms with Gasteiger partial charge in [-0.05, 0) is 42.3 Å². The van der Waals surface area contributed by atoms with E-state index in [1.165, 1.54) is 18.2 Å².